The Labute approximate surface area is 169 Å². The Kier molecular flexibility index (Phi) is 8.77. The van der Waals surface area contributed by atoms with E-state index >= 15 is 0 Å². The number of hydrogen-bond donors (Lipinski definition) is 1. The first kappa shape index (κ1) is 22.2. The average Bonchev–Trinajstić information content (AvgIpc) is 2.72. The number of benzene rings is 1. The average molecular weight is 390 g/mol. The summed E-state index contributed by atoms with van der Waals surface area (Å²) < 4.78 is 4.83. The van der Waals surface area contributed by atoms with Crippen molar-refractivity contribution in [3.8, 4) is 0 Å². The highest BCUT2D eigenvalue weighted by atomic mass is 16.5. The lowest BCUT2D eigenvalue weighted by Gasteiger charge is -2.29. The van der Waals surface area contributed by atoms with Gasteiger partial charge in [-0.15, -0.1) is 0 Å². The minimum absolute atomic E-state index is 0.0315. The van der Waals surface area contributed by atoms with Crippen LogP contribution in [0, 0.1) is 5.92 Å². The maximum atomic E-state index is 12.4. The largest absolute Gasteiger partial charge is 0.467 e. The zero-order valence-corrected chi connectivity index (χ0v) is 17.7. The fourth-order valence-electron chi connectivity index (χ4n) is 3.59. The molecule has 1 aliphatic heterocycles. The predicted molar refractivity (Wildman–Crippen MR) is 112 cm³/mol. The summed E-state index contributed by atoms with van der Waals surface area (Å²) in [5.74, 6) is -0.522. The van der Waals surface area contributed by atoms with Gasteiger partial charge in [0.15, 0.2) is 0 Å². The number of rotatable bonds is 9. The van der Waals surface area contributed by atoms with Crippen molar-refractivity contribution in [2.24, 2.45) is 5.92 Å². The number of carbonyl (C=O) groups is 2. The molecule has 2 unspecified atom stereocenters. The predicted octanol–water partition coefficient (Wildman–Crippen LogP) is 2.81. The molecule has 1 aromatic carbocycles. The van der Waals surface area contributed by atoms with Crippen LogP contribution < -0.4 is 10.2 Å². The van der Waals surface area contributed by atoms with Crippen LogP contribution in [0.2, 0.25) is 0 Å². The second-order valence-electron chi connectivity index (χ2n) is 7.84. The van der Waals surface area contributed by atoms with E-state index in [2.05, 4.69) is 34.5 Å². The van der Waals surface area contributed by atoms with Crippen molar-refractivity contribution in [2.75, 3.05) is 38.7 Å². The lowest BCUT2D eigenvalue weighted by Crippen LogP contribution is -2.48. The molecule has 0 saturated carbocycles. The van der Waals surface area contributed by atoms with E-state index in [1.165, 1.54) is 37.6 Å². The molecule has 1 amide bonds. The van der Waals surface area contributed by atoms with E-state index in [0.29, 0.717) is 6.54 Å². The third kappa shape index (κ3) is 6.51. The summed E-state index contributed by atoms with van der Waals surface area (Å²) in [4.78, 5) is 28.7. The van der Waals surface area contributed by atoms with Gasteiger partial charge in [0, 0.05) is 25.3 Å². The molecule has 6 nitrogen and oxygen atoms in total. The second-order valence-corrected chi connectivity index (χ2v) is 7.84. The number of nitrogens with zero attached hydrogens (tertiary/aromatic N) is 2. The van der Waals surface area contributed by atoms with Gasteiger partial charge in [0.25, 0.3) is 0 Å². The van der Waals surface area contributed by atoms with E-state index in [9.17, 15) is 9.59 Å². The zero-order chi connectivity index (χ0) is 20.5. The third-order valence-corrected chi connectivity index (χ3v) is 5.51. The summed E-state index contributed by atoms with van der Waals surface area (Å²) in [7, 11) is 3.26. The van der Waals surface area contributed by atoms with Gasteiger partial charge in [-0.3, -0.25) is 9.69 Å². The van der Waals surface area contributed by atoms with Crippen LogP contribution in [0.4, 0.5) is 5.69 Å². The van der Waals surface area contributed by atoms with E-state index in [1.807, 2.05) is 25.8 Å². The van der Waals surface area contributed by atoms with Gasteiger partial charge in [-0.1, -0.05) is 32.4 Å². The molecule has 1 fully saturated rings. The summed E-state index contributed by atoms with van der Waals surface area (Å²) in [5.41, 5.74) is 2.45. The minimum atomic E-state index is -0.597. The number of methoxy groups -OCH3 is 1. The van der Waals surface area contributed by atoms with Crippen molar-refractivity contribution in [3.05, 3.63) is 29.8 Å². The molecule has 1 saturated heterocycles. The molecule has 28 heavy (non-hydrogen) atoms. The normalized spacial score (nSPS) is 16.5. The van der Waals surface area contributed by atoms with Crippen LogP contribution in [0.1, 0.15) is 45.1 Å². The van der Waals surface area contributed by atoms with Gasteiger partial charge in [-0.2, -0.15) is 0 Å². The number of likely N-dealkylation sites (N-methyl/N-ethyl adjacent to an activating group) is 1. The number of anilines is 1. The highest BCUT2D eigenvalue weighted by Crippen LogP contribution is 2.20. The molecule has 156 valence electrons. The summed E-state index contributed by atoms with van der Waals surface area (Å²) in [6, 6.07) is 8.01. The second kappa shape index (κ2) is 11.1. The smallest absolute Gasteiger partial charge is 0.328 e. The highest BCUT2D eigenvalue weighted by molar-refractivity contribution is 5.85. The zero-order valence-electron chi connectivity index (χ0n) is 17.7. The lowest BCUT2D eigenvalue weighted by molar-refractivity contribution is -0.146. The van der Waals surface area contributed by atoms with Crippen LogP contribution in [-0.2, 0) is 20.9 Å². The Morgan fingerprint density at radius 3 is 2.39 bits per heavy atom. The molecule has 0 spiro atoms. The van der Waals surface area contributed by atoms with Crippen molar-refractivity contribution in [1.29, 1.82) is 0 Å². The standard InChI is InChI=1S/C22H35N3O3/c1-5-17(2)21(22(27)28-4)23-20(26)16-24(3)15-18-9-11-19(12-10-18)25-13-7-6-8-14-25/h9-12,17,21H,5-8,13-16H2,1-4H3,(H,23,26). The third-order valence-electron chi connectivity index (χ3n) is 5.51. The molecular weight excluding hydrogens is 354 g/mol. The Hall–Kier alpha value is -2.08. The summed E-state index contributed by atoms with van der Waals surface area (Å²) >= 11 is 0. The van der Waals surface area contributed by atoms with Crippen molar-refractivity contribution >= 4 is 17.6 Å². The van der Waals surface area contributed by atoms with E-state index < -0.39 is 12.0 Å². The highest BCUT2D eigenvalue weighted by Gasteiger charge is 2.26. The van der Waals surface area contributed by atoms with Gasteiger partial charge in [-0.25, -0.2) is 4.79 Å². The molecule has 1 aromatic rings. The Balaban J connectivity index is 1.85. The fourth-order valence-corrected chi connectivity index (χ4v) is 3.59. The van der Waals surface area contributed by atoms with Crippen LogP contribution in [0.25, 0.3) is 0 Å². The summed E-state index contributed by atoms with van der Waals surface area (Å²) in [6.07, 6.45) is 4.65. The maximum Gasteiger partial charge on any atom is 0.328 e. The Morgan fingerprint density at radius 1 is 1.18 bits per heavy atom. The summed E-state index contributed by atoms with van der Waals surface area (Å²) in [5, 5.41) is 2.83. The molecule has 0 radical (unpaired) electrons. The van der Waals surface area contributed by atoms with Crippen molar-refractivity contribution in [1.82, 2.24) is 10.2 Å². The van der Waals surface area contributed by atoms with Gasteiger partial charge >= 0.3 is 5.97 Å². The van der Waals surface area contributed by atoms with E-state index in [0.717, 1.165) is 19.5 Å². The molecule has 1 aliphatic rings. The summed E-state index contributed by atoms with van der Waals surface area (Å²) in [6.45, 7) is 7.12. The monoisotopic (exact) mass is 389 g/mol. The quantitative estimate of drug-likeness (QED) is 0.658. The van der Waals surface area contributed by atoms with Crippen molar-refractivity contribution in [3.63, 3.8) is 0 Å². The first-order valence-electron chi connectivity index (χ1n) is 10.3. The number of ether oxygens (including phenoxy) is 1. The SMILES string of the molecule is CCC(C)C(NC(=O)CN(C)Cc1ccc(N2CCCCC2)cc1)C(=O)OC. The van der Waals surface area contributed by atoms with E-state index in [-0.39, 0.29) is 18.4 Å². The molecule has 2 atom stereocenters. The van der Waals surface area contributed by atoms with Crippen LogP contribution in [0.3, 0.4) is 0 Å². The van der Waals surface area contributed by atoms with Gasteiger partial charge in [0.2, 0.25) is 5.91 Å². The Morgan fingerprint density at radius 2 is 1.82 bits per heavy atom. The number of amides is 1. The molecule has 1 N–H and O–H groups in total. The molecule has 2 rings (SSSR count). The van der Waals surface area contributed by atoms with Gasteiger partial charge < -0.3 is 15.0 Å². The number of piperidine rings is 1. The van der Waals surface area contributed by atoms with Crippen LogP contribution in [0.5, 0.6) is 0 Å². The molecule has 0 bridgehead atoms. The minimum Gasteiger partial charge on any atom is -0.467 e. The number of carbonyl (C=O) groups excluding carboxylic acids is 2. The van der Waals surface area contributed by atoms with Crippen molar-refractivity contribution in [2.45, 2.75) is 52.1 Å². The topological polar surface area (TPSA) is 61.9 Å². The molecule has 0 aliphatic carbocycles. The van der Waals surface area contributed by atoms with Crippen LogP contribution >= 0.6 is 0 Å². The number of esters is 1. The molecular formula is C22H35N3O3. The molecule has 6 heteroatoms. The molecule has 0 aromatic heterocycles. The van der Waals surface area contributed by atoms with Gasteiger partial charge in [0.1, 0.15) is 6.04 Å². The number of nitrogens with one attached hydrogen (secondary N) is 1. The lowest BCUT2D eigenvalue weighted by atomic mass is 9.99. The maximum absolute atomic E-state index is 12.4. The first-order valence-corrected chi connectivity index (χ1v) is 10.3. The Bertz CT molecular complexity index is 626. The van der Waals surface area contributed by atoms with Gasteiger partial charge in [-0.05, 0) is 49.9 Å². The van der Waals surface area contributed by atoms with Crippen LogP contribution in [-0.4, -0.2) is 56.6 Å². The van der Waals surface area contributed by atoms with Crippen LogP contribution in [0.15, 0.2) is 24.3 Å². The fraction of sp³-hybridized carbons (Fsp3) is 0.636. The molecule has 1 heterocycles. The van der Waals surface area contributed by atoms with E-state index in [1.54, 1.807) is 0 Å². The first-order chi connectivity index (χ1) is 13.4. The van der Waals surface area contributed by atoms with Crippen molar-refractivity contribution < 1.29 is 14.3 Å². The van der Waals surface area contributed by atoms with Gasteiger partial charge in [0.05, 0.1) is 13.7 Å². The van der Waals surface area contributed by atoms with E-state index in [4.69, 9.17) is 4.74 Å². The number of hydrogen-bond acceptors (Lipinski definition) is 5.